The first-order valence-electron chi connectivity index (χ1n) is 6.05. The van der Waals surface area contributed by atoms with E-state index in [1.54, 1.807) is 14.0 Å². The van der Waals surface area contributed by atoms with Crippen molar-refractivity contribution in [1.29, 1.82) is 0 Å². The maximum absolute atomic E-state index is 11.0. The van der Waals surface area contributed by atoms with Crippen molar-refractivity contribution >= 4 is 5.97 Å². The second-order valence-corrected chi connectivity index (χ2v) is 5.33. The molecule has 0 aromatic carbocycles. The van der Waals surface area contributed by atoms with Crippen LogP contribution in [0.25, 0.3) is 0 Å². The van der Waals surface area contributed by atoms with E-state index in [2.05, 4.69) is 4.90 Å². The van der Waals surface area contributed by atoms with Gasteiger partial charge in [0.05, 0.1) is 6.61 Å². The van der Waals surface area contributed by atoms with Crippen molar-refractivity contribution in [3.8, 4) is 0 Å². The highest BCUT2D eigenvalue weighted by Crippen LogP contribution is 2.49. The molecule has 16 heavy (non-hydrogen) atoms. The number of fused-ring (bicyclic) bond motifs is 1. The van der Waals surface area contributed by atoms with Crippen LogP contribution in [0.2, 0.25) is 0 Å². The monoisotopic (exact) mass is 227 g/mol. The van der Waals surface area contributed by atoms with Crippen LogP contribution in [0.3, 0.4) is 0 Å². The maximum atomic E-state index is 11.0. The number of rotatable bonds is 4. The van der Waals surface area contributed by atoms with Gasteiger partial charge in [0.1, 0.15) is 6.04 Å². The summed E-state index contributed by atoms with van der Waals surface area (Å²) >= 11 is 0. The number of ether oxygens (including phenoxy) is 1. The summed E-state index contributed by atoms with van der Waals surface area (Å²) in [5, 5.41) is 9.05. The Morgan fingerprint density at radius 1 is 1.69 bits per heavy atom. The van der Waals surface area contributed by atoms with E-state index in [9.17, 15) is 4.79 Å². The molecule has 2 aliphatic rings. The lowest BCUT2D eigenvalue weighted by molar-refractivity contribution is -0.142. The predicted molar refractivity (Wildman–Crippen MR) is 60.3 cm³/mol. The molecule has 1 saturated heterocycles. The molecule has 4 heteroatoms. The quantitative estimate of drug-likeness (QED) is 0.784. The lowest BCUT2D eigenvalue weighted by Gasteiger charge is -2.28. The fourth-order valence-corrected chi connectivity index (χ4v) is 3.43. The molecule has 0 spiro atoms. The van der Waals surface area contributed by atoms with Crippen molar-refractivity contribution in [2.45, 2.75) is 32.2 Å². The van der Waals surface area contributed by atoms with Crippen LogP contribution in [0.5, 0.6) is 0 Å². The Morgan fingerprint density at radius 2 is 2.44 bits per heavy atom. The second-order valence-electron chi connectivity index (χ2n) is 5.33. The molecule has 1 aliphatic carbocycles. The van der Waals surface area contributed by atoms with Gasteiger partial charge in [-0.1, -0.05) is 6.42 Å². The molecule has 3 atom stereocenters. The van der Waals surface area contributed by atoms with Crippen molar-refractivity contribution in [3.05, 3.63) is 0 Å². The topological polar surface area (TPSA) is 49.8 Å². The van der Waals surface area contributed by atoms with E-state index in [0.717, 1.165) is 19.7 Å². The number of likely N-dealkylation sites (tertiary alicyclic amines) is 1. The molecule has 0 radical (unpaired) electrons. The first-order chi connectivity index (χ1) is 7.59. The summed E-state index contributed by atoms with van der Waals surface area (Å²) in [4.78, 5) is 13.1. The molecular weight excluding hydrogens is 206 g/mol. The van der Waals surface area contributed by atoms with Crippen LogP contribution in [0.1, 0.15) is 26.2 Å². The van der Waals surface area contributed by atoms with Gasteiger partial charge in [0.25, 0.3) is 0 Å². The molecule has 4 nitrogen and oxygen atoms in total. The van der Waals surface area contributed by atoms with Crippen LogP contribution in [0.15, 0.2) is 0 Å². The van der Waals surface area contributed by atoms with Crippen LogP contribution < -0.4 is 0 Å². The first kappa shape index (κ1) is 11.9. The van der Waals surface area contributed by atoms with E-state index in [1.165, 1.54) is 19.3 Å². The van der Waals surface area contributed by atoms with Crippen LogP contribution in [0.4, 0.5) is 0 Å². The largest absolute Gasteiger partial charge is 0.480 e. The smallest absolute Gasteiger partial charge is 0.320 e. The van der Waals surface area contributed by atoms with Gasteiger partial charge in [-0.2, -0.15) is 0 Å². The summed E-state index contributed by atoms with van der Waals surface area (Å²) in [5.74, 6) is -0.0817. The average Bonchev–Trinajstić information content (AvgIpc) is 2.73. The van der Waals surface area contributed by atoms with Gasteiger partial charge in [-0.15, -0.1) is 0 Å². The number of nitrogens with zero attached hydrogens (tertiary/aromatic N) is 1. The van der Waals surface area contributed by atoms with Crippen molar-refractivity contribution < 1.29 is 14.6 Å². The number of carboxylic acids is 1. The standard InChI is InChI=1S/C12H21NO3/c1-9(11(14)15)13-6-10-4-3-5-12(10,7-13)8-16-2/h9-10H,3-8H2,1-2H3,(H,14,15)/t9-,10+,12-/m1/s1. The molecule has 0 aromatic heterocycles. The fraction of sp³-hybridized carbons (Fsp3) is 0.917. The van der Waals surface area contributed by atoms with Crippen LogP contribution in [0, 0.1) is 11.3 Å². The Balaban J connectivity index is 2.07. The van der Waals surface area contributed by atoms with Crippen molar-refractivity contribution in [3.63, 3.8) is 0 Å². The Bertz CT molecular complexity index is 281. The molecule has 1 aliphatic heterocycles. The molecule has 1 N–H and O–H groups in total. The Labute approximate surface area is 96.6 Å². The molecular formula is C12H21NO3. The molecule has 0 amide bonds. The van der Waals surface area contributed by atoms with E-state index in [0.29, 0.717) is 5.92 Å². The number of aliphatic carboxylic acids is 1. The zero-order chi connectivity index (χ0) is 11.8. The zero-order valence-electron chi connectivity index (χ0n) is 10.1. The average molecular weight is 227 g/mol. The summed E-state index contributed by atoms with van der Waals surface area (Å²) in [5.41, 5.74) is 0.235. The lowest BCUT2D eigenvalue weighted by atomic mass is 9.82. The van der Waals surface area contributed by atoms with E-state index in [4.69, 9.17) is 9.84 Å². The summed E-state index contributed by atoms with van der Waals surface area (Å²) in [6.07, 6.45) is 3.68. The van der Waals surface area contributed by atoms with Gasteiger partial charge in [-0.25, -0.2) is 0 Å². The third-order valence-corrected chi connectivity index (χ3v) is 4.40. The van der Waals surface area contributed by atoms with Gasteiger partial charge >= 0.3 is 5.97 Å². The van der Waals surface area contributed by atoms with Crippen molar-refractivity contribution in [1.82, 2.24) is 4.90 Å². The highest BCUT2D eigenvalue weighted by molar-refractivity contribution is 5.72. The number of hydrogen-bond acceptors (Lipinski definition) is 3. The molecule has 92 valence electrons. The van der Waals surface area contributed by atoms with Crippen molar-refractivity contribution in [2.24, 2.45) is 11.3 Å². The summed E-state index contributed by atoms with van der Waals surface area (Å²) < 4.78 is 5.34. The predicted octanol–water partition coefficient (Wildman–Crippen LogP) is 1.21. The number of hydrogen-bond donors (Lipinski definition) is 1. The summed E-state index contributed by atoms with van der Waals surface area (Å²) in [6.45, 7) is 4.38. The first-order valence-corrected chi connectivity index (χ1v) is 6.05. The minimum absolute atomic E-state index is 0.235. The highest BCUT2D eigenvalue weighted by atomic mass is 16.5. The molecule has 0 aromatic rings. The molecule has 0 unspecified atom stereocenters. The Kier molecular flexibility index (Phi) is 3.22. The number of methoxy groups -OCH3 is 1. The second kappa shape index (κ2) is 4.34. The zero-order valence-corrected chi connectivity index (χ0v) is 10.1. The summed E-state index contributed by atoms with van der Waals surface area (Å²) in [7, 11) is 1.74. The summed E-state index contributed by atoms with van der Waals surface area (Å²) in [6, 6.07) is -0.362. The molecule has 1 heterocycles. The maximum Gasteiger partial charge on any atom is 0.320 e. The minimum atomic E-state index is -0.715. The highest BCUT2D eigenvalue weighted by Gasteiger charge is 2.50. The van der Waals surface area contributed by atoms with Crippen molar-refractivity contribution in [2.75, 3.05) is 26.8 Å². The van der Waals surface area contributed by atoms with E-state index >= 15 is 0 Å². The van der Waals surface area contributed by atoms with Gasteiger partial charge < -0.3 is 9.84 Å². The van der Waals surface area contributed by atoms with Crippen LogP contribution in [-0.2, 0) is 9.53 Å². The number of carbonyl (C=O) groups is 1. The third-order valence-electron chi connectivity index (χ3n) is 4.40. The minimum Gasteiger partial charge on any atom is -0.480 e. The molecule has 2 rings (SSSR count). The van der Waals surface area contributed by atoms with Gasteiger partial charge in [-0.3, -0.25) is 9.69 Å². The lowest BCUT2D eigenvalue weighted by Crippen LogP contribution is -2.39. The fourth-order valence-electron chi connectivity index (χ4n) is 3.43. The van der Waals surface area contributed by atoms with Crippen LogP contribution >= 0.6 is 0 Å². The van der Waals surface area contributed by atoms with Crippen LogP contribution in [-0.4, -0.2) is 48.8 Å². The molecule has 1 saturated carbocycles. The number of carboxylic acid groups (broad SMARTS) is 1. The normalized spacial score (nSPS) is 36.2. The Hall–Kier alpha value is -0.610. The van der Waals surface area contributed by atoms with E-state index in [-0.39, 0.29) is 11.5 Å². The SMILES string of the molecule is COC[C@]12CCC[C@H]1CN([C@H](C)C(=O)O)C2. The van der Waals surface area contributed by atoms with Gasteiger partial charge in [-0.05, 0) is 25.7 Å². The molecule has 2 fully saturated rings. The van der Waals surface area contributed by atoms with Gasteiger partial charge in [0.2, 0.25) is 0 Å². The Morgan fingerprint density at radius 3 is 3.06 bits per heavy atom. The van der Waals surface area contributed by atoms with E-state index in [1.807, 2.05) is 0 Å². The third kappa shape index (κ3) is 1.84. The van der Waals surface area contributed by atoms with Gasteiger partial charge in [0, 0.05) is 25.6 Å². The van der Waals surface area contributed by atoms with Gasteiger partial charge in [0.15, 0.2) is 0 Å². The molecule has 0 bridgehead atoms. The van der Waals surface area contributed by atoms with E-state index < -0.39 is 5.97 Å².